The Morgan fingerprint density at radius 2 is 1.71 bits per heavy atom. The van der Waals surface area contributed by atoms with E-state index in [4.69, 9.17) is 0 Å². The van der Waals surface area contributed by atoms with Crippen LogP contribution in [-0.2, 0) is 21.0 Å². The Labute approximate surface area is 231 Å². The molecule has 3 aromatic carbocycles. The molecule has 0 aliphatic carbocycles. The zero-order valence-corrected chi connectivity index (χ0v) is 22.2. The Morgan fingerprint density at radius 1 is 0.951 bits per heavy atom. The number of hydrogen-bond donors (Lipinski definition) is 0. The molecule has 1 amide bonds. The van der Waals surface area contributed by atoms with E-state index in [1.54, 1.807) is 17.0 Å². The van der Waals surface area contributed by atoms with Gasteiger partial charge in [-0.3, -0.25) is 9.10 Å². The lowest BCUT2D eigenvalue weighted by atomic mass is 10.00. The van der Waals surface area contributed by atoms with Gasteiger partial charge in [-0.2, -0.15) is 22.0 Å². The number of amides is 1. The van der Waals surface area contributed by atoms with Gasteiger partial charge in [0, 0.05) is 32.6 Å². The molecule has 0 aromatic heterocycles. The van der Waals surface area contributed by atoms with Crippen LogP contribution < -0.4 is 13.9 Å². The molecule has 0 saturated carbocycles. The minimum Gasteiger partial charge on any atom is -0.435 e. The van der Waals surface area contributed by atoms with Crippen LogP contribution in [-0.4, -0.2) is 58.1 Å². The number of sulfonamides is 1. The van der Waals surface area contributed by atoms with Crippen molar-refractivity contribution in [1.29, 1.82) is 0 Å². The third-order valence-corrected chi connectivity index (χ3v) is 8.81. The summed E-state index contributed by atoms with van der Waals surface area (Å²) in [6.45, 7) is -1.09. The molecule has 7 nitrogen and oxygen atoms in total. The average Bonchev–Trinajstić information content (AvgIpc) is 2.90. The fourth-order valence-electron chi connectivity index (χ4n) is 5.14. The van der Waals surface area contributed by atoms with Crippen LogP contribution in [0.25, 0.3) is 11.1 Å². The second kappa shape index (κ2) is 10.5. The number of carbonyl (C=O) groups excluding carboxylic acids is 1. The minimum absolute atomic E-state index is 0.105. The summed E-state index contributed by atoms with van der Waals surface area (Å²) in [6.07, 6.45) is -4.78. The third kappa shape index (κ3) is 5.65. The van der Waals surface area contributed by atoms with Crippen LogP contribution in [0.5, 0.6) is 5.75 Å². The van der Waals surface area contributed by atoms with Crippen LogP contribution in [0.3, 0.4) is 0 Å². The molecule has 0 bridgehead atoms. The summed E-state index contributed by atoms with van der Waals surface area (Å²) in [5.41, 5.74) is -0.231. The molecular weight excluding hydrogens is 576 g/mol. The molecule has 14 heteroatoms. The molecule has 2 heterocycles. The second-order valence-electron chi connectivity index (χ2n) is 9.63. The summed E-state index contributed by atoms with van der Waals surface area (Å²) >= 11 is 0. The van der Waals surface area contributed by atoms with E-state index in [0.717, 1.165) is 34.6 Å². The zero-order chi connectivity index (χ0) is 29.7. The van der Waals surface area contributed by atoms with Gasteiger partial charge in [0.1, 0.15) is 11.6 Å². The summed E-state index contributed by atoms with van der Waals surface area (Å²) in [4.78, 5) is 14.9. The Morgan fingerprint density at radius 3 is 2.39 bits per heavy atom. The van der Waals surface area contributed by atoms with E-state index in [9.17, 15) is 39.6 Å². The van der Waals surface area contributed by atoms with E-state index in [-0.39, 0.29) is 35.8 Å². The Bertz CT molecular complexity index is 1600. The van der Waals surface area contributed by atoms with Gasteiger partial charge in [0.2, 0.25) is 5.91 Å². The fraction of sp³-hybridized carbons (Fsp3) is 0.296. The first-order valence-electron chi connectivity index (χ1n) is 12.4. The monoisotopic (exact) mass is 599 g/mol. The highest BCUT2D eigenvalue weighted by Gasteiger charge is 2.41. The Balaban J connectivity index is 1.64. The standard InChI is InChI=1S/C27H23F6N3O4S/c1-16(37)34-7-8-35-21(14-34)15-36(41(38,39)23-4-2-3-19(12-23)27(31,32)33)25-11-17(5-6-24(25)35)18-9-20(28)13-22(10-18)40-26(29)30/h2-6,9-13,21,26H,7-8,14-15H2,1H3. The number of carbonyl (C=O) groups is 1. The van der Waals surface area contributed by atoms with Crippen LogP contribution in [0.2, 0.25) is 0 Å². The summed E-state index contributed by atoms with van der Waals surface area (Å²) in [5, 5.41) is 0. The van der Waals surface area contributed by atoms with Crippen molar-refractivity contribution in [3.63, 3.8) is 0 Å². The second-order valence-corrected chi connectivity index (χ2v) is 11.5. The molecule has 1 atom stereocenters. The largest absolute Gasteiger partial charge is 0.435 e. The number of halogens is 6. The predicted octanol–water partition coefficient (Wildman–Crippen LogP) is 5.36. The zero-order valence-electron chi connectivity index (χ0n) is 21.4. The van der Waals surface area contributed by atoms with E-state index in [0.29, 0.717) is 24.8 Å². The lowest BCUT2D eigenvalue weighted by Gasteiger charge is -2.49. The predicted molar refractivity (Wildman–Crippen MR) is 138 cm³/mol. The van der Waals surface area contributed by atoms with Crippen LogP contribution >= 0.6 is 0 Å². The molecule has 2 aliphatic heterocycles. The van der Waals surface area contributed by atoms with Crippen LogP contribution in [0.15, 0.2) is 65.6 Å². The smallest absolute Gasteiger partial charge is 0.416 e. The lowest BCUT2D eigenvalue weighted by Crippen LogP contribution is -2.61. The van der Waals surface area contributed by atoms with Crippen LogP contribution in [0, 0.1) is 5.82 Å². The molecule has 0 N–H and O–H groups in total. The Hall–Kier alpha value is -3.94. The van der Waals surface area contributed by atoms with Gasteiger partial charge in [0.05, 0.1) is 34.4 Å². The maximum absolute atomic E-state index is 14.3. The molecule has 218 valence electrons. The van der Waals surface area contributed by atoms with Gasteiger partial charge >= 0.3 is 12.8 Å². The number of hydrogen-bond acceptors (Lipinski definition) is 5. The van der Waals surface area contributed by atoms with Gasteiger partial charge in [-0.25, -0.2) is 12.8 Å². The van der Waals surface area contributed by atoms with Crippen molar-refractivity contribution in [3.05, 3.63) is 72.0 Å². The van der Waals surface area contributed by atoms with Gasteiger partial charge in [-0.1, -0.05) is 12.1 Å². The van der Waals surface area contributed by atoms with Crippen molar-refractivity contribution in [2.75, 3.05) is 35.4 Å². The number of alkyl halides is 5. The fourth-order valence-corrected chi connectivity index (χ4v) is 6.69. The molecule has 1 saturated heterocycles. The molecule has 0 spiro atoms. The first kappa shape index (κ1) is 28.6. The summed E-state index contributed by atoms with van der Waals surface area (Å²) in [5.74, 6) is -1.52. The van der Waals surface area contributed by atoms with Crippen molar-refractivity contribution in [2.45, 2.75) is 30.6 Å². The lowest BCUT2D eigenvalue weighted by molar-refractivity contribution is -0.137. The van der Waals surface area contributed by atoms with Gasteiger partial charge in [0.25, 0.3) is 10.0 Å². The van der Waals surface area contributed by atoms with E-state index >= 15 is 0 Å². The number of piperazine rings is 1. The maximum Gasteiger partial charge on any atom is 0.416 e. The van der Waals surface area contributed by atoms with E-state index in [1.807, 2.05) is 4.90 Å². The normalized spacial score (nSPS) is 17.4. The van der Waals surface area contributed by atoms with Crippen LogP contribution in [0.1, 0.15) is 12.5 Å². The number of anilines is 2. The highest BCUT2D eigenvalue weighted by molar-refractivity contribution is 7.92. The molecule has 2 aliphatic rings. The van der Waals surface area contributed by atoms with Crippen LogP contribution in [0.4, 0.5) is 37.7 Å². The van der Waals surface area contributed by atoms with Crippen molar-refractivity contribution < 1.29 is 44.3 Å². The molecule has 0 radical (unpaired) electrons. The first-order valence-corrected chi connectivity index (χ1v) is 13.8. The van der Waals surface area contributed by atoms with Gasteiger partial charge in [-0.05, 0) is 53.6 Å². The van der Waals surface area contributed by atoms with E-state index in [1.165, 1.54) is 19.1 Å². The third-order valence-electron chi connectivity index (χ3n) is 7.04. The number of benzene rings is 3. The van der Waals surface area contributed by atoms with E-state index < -0.39 is 50.9 Å². The number of ether oxygens (including phenoxy) is 1. The van der Waals surface area contributed by atoms with Gasteiger partial charge in [0.15, 0.2) is 0 Å². The highest BCUT2D eigenvalue weighted by atomic mass is 32.2. The summed E-state index contributed by atoms with van der Waals surface area (Å²) in [7, 11) is -4.57. The summed E-state index contributed by atoms with van der Waals surface area (Å²) in [6, 6.07) is 10.4. The first-order chi connectivity index (χ1) is 19.2. The molecule has 5 rings (SSSR count). The van der Waals surface area contributed by atoms with Gasteiger partial charge in [-0.15, -0.1) is 0 Å². The van der Waals surface area contributed by atoms with E-state index in [2.05, 4.69) is 4.74 Å². The topological polar surface area (TPSA) is 70.2 Å². The molecular formula is C27H23F6N3O4S. The molecule has 3 aromatic rings. The maximum atomic E-state index is 14.3. The van der Waals surface area contributed by atoms with Crippen molar-refractivity contribution >= 4 is 27.3 Å². The number of nitrogens with zero attached hydrogens (tertiary/aromatic N) is 3. The van der Waals surface area contributed by atoms with Crippen molar-refractivity contribution in [3.8, 4) is 16.9 Å². The van der Waals surface area contributed by atoms with Crippen molar-refractivity contribution in [1.82, 2.24) is 4.90 Å². The highest BCUT2D eigenvalue weighted by Crippen LogP contribution is 2.43. The number of rotatable bonds is 5. The molecule has 1 unspecified atom stereocenters. The van der Waals surface area contributed by atoms with Gasteiger partial charge < -0.3 is 14.5 Å². The summed E-state index contributed by atoms with van der Waals surface area (Å²) < 4.78 is 113. The molecule has 41 heavy (non-hydrogen) atoms. The number of fused-ring (bicyclic) bond motifs is 3. The SMILES string of the molecule is CC(=O)N1CCN2c3ccc(-c4cc(F)cc(OC(F)F)c4)cc3N(S(=O)(=O)c3cccc(C(F)(F)F)c3)CC2C1. The molecule has 1 fully saturated rings. The quantitative estimate of drug-likeness (QED) is 0.370. The average molecular weight is 600 g/mol. The minimum atomic E-state index is -4.78. The Kier molecular flexibility index (Phi) is 7.30. The van der Waals surface area contributed by atoms with Crippen molar-refractivity contribution in [2.24, 2.45) is 0 Å².